The van der Waals surface area contributed by atoms with Crippen molar-refractivity contribution >= 4 is 0 Å². The van der Waals surface area contributed by atoms with Crippen molar-refractivity contribution in [2.45, 2.75) is 91.1 Å². The normalized spacial score (nSPS) is 30.6. The van der Waals surface area contributed by atoms with Crippen LogP contribution in [0.1, 0.15) is 79.1 Å². The minimum absolute atomic E-state index is 0.691. The van der Waals surface area contributed by atoms with Crippen molar-refractivity contribution < 1.29 is 0 Å². The fourth-order valence-electron chi connectivity index (χ4n) is 6.31. The molecule has 3 heterocycles. The van der Waals surface area contributed by atoms with E-state index in [1.54, 1.807) is 0 Å². The highest BCUT2D eigenvalue weighted by Gasteiger charge is 2.48. The Balaban J connectivity index is 1.17. The van der Waals surface area contributed by atoms with Gasteiger partial charge in [0.25, 0.3) is 0 Å². The van der Waals surface area contributed by atoms with Crippen molar-refractivity contribution in [1.82, 2.24) is 14.7 Å². The predicted molar refractivity (Wildman–Crippen MR) is 115 cm³/mol. The van der Waals surface area contributed by atoms with Crippen LogP contribution in [0.2, 0.25) is 0 Å². The van der Waals surface area contributed by atoms with E-state index >= 15 is 0 Å². The first kappa shape index (κ1) is 20.2. The molecule has 0 bridgehead atoms. The Hall–Kier alpha value is -0.120. The number of hydrogen-bond donors (Lipinski definition) is 0. The van der Waals surface area contributed by atoms with Crippen molar-refractivity contribution in [3.05, 3.63) is 0 Å². The van der Waals surface area contributed by atoms with Crippen molar-refractivity contribution in [3.63, 3.8) is 0 Å². The highest BCUT2D eigenvalue weighted by atomic mass is 15.3. The molecule has 4 rings (SSSR count). The molecule has 1 spiro atoms. The Labute approximate surface area is 168 Å². The minimum Gasteiger partial charge on any atom is -0.303 e. The predicted octanol–water partition coefficient (Wildman–Crippen LogP) is 4.47. The summed E-state index contributed by atoms with van der Waals surface area (Å²) < 4.78 is 0. The van der Waals surface area contributed by atoms with Gasteiger partial charge in [0.2, 0.25) is 0 Å². The molecule has 0 amide bonds. The average Bonchev–Trinajstić information content (AvgIpc) is 3.39. The van der Waals surface area contributed by atoms with Gasteiger partial charge < -0.3 is 9.80 Å². The molecule has 0 aromatic heterocycles. The quantitative estimate of drug-likeness (QED) is 0.650. The number of hydrogen-bond acceptors (Lipinski definition) is 3. The van der Waals surface area contributed by atoms with Gasteiger partial charge in [-0.05, 0) is 102 Å². The summed E-state index contributed by atoms with van der Waals surface area (Å²) in [5.41, 5.74) is 1.41. The fourth-order valence-corrected chi connectivity index (χ4v) is 6.31. The van der Waals surface area contributed by atoms with Crippen LogP contribution in [0.25, 0.3) is 0 Å². The van der Waals surface area contributed by atoms with Gasteiger partial charge in [0.15, 0.2) is 0 Å². The van der Waals surface area contributed by atoms with E-state index in [2.05, 4.69) is 42.4 Å². The zero-order valence-electron chi connectivity index (χ0n) is 18.7. The molecular formula is C24H45N3. The van der Waals surface area contributed by atoms with Crippen molar-refractivity contribution in [2.75, 3.05) is 45.8 Å². The van der Waals surface area contributed by atoms with Gasteiger partial charge >= 0.3 is 0 Å². The lowest BCUT2D eigenvalue weighted by Crippen LogP contribution is -2.64. The van der Waals surface area contributed by atoms with Crippen LogP contribution in [-0.4, -0.2) is 72.6 Å². The molecule has 1 saturated carbocycles. The second kappa shape index (κ2) is 7.95. The first-order valence-corrected chi connectivity index (χ1v) is 12.1. The van der Waals surface area contributed by atoms with Crippen LogP contribution in [0.4, 0.5) is 0 Å². The Morgan fingerprint density at radius 3 is 2.04 bits per heavy atom. The Morgan fingerprint density at radius 2 is 1.52 bits per heavy atom. The summed E-state index contributed by atoms with van der Waals surface area (Å²) in [5, 5.41) is 0. The third-order valence-corrected chi connectivity index (χ3v) is 8.73. The van der Waals surface area contributed by atoms with E-state index in [-0.39, 0.29) is 0 Å². The molecule has 1 unspecified atom stereocenters. The molecule has 3 heteroatoms. The van der Waals surface area contributed by atoms with Gasteiger partial charge in [-0.2, -0.15) is 0 Å². The Bertz CT molecular complexity index is 474. The Morgan fingerprint density at radius 1 is 0.889 bits per heavy atom. The lowest BCUT2D eigenvalue weighted by atomic mass is 9.70. The second-order valence-electron chi connectivity index (χ2n) is 11.3. The maximum atomic E-state index is 2.86. The SMILES string of the molecule is CCC(C)CC1(CN2CCC(N3CC4(CCN(C(C)C)CC4)C3)CC2)CC1. The maximum Gasteiger partial charge on any atom is 0.0120 e. The van der Waals surface area contributed by atoms with Crippen molar-refractivity contribution in [2.24, 2.45) is 16.7 Å². The molecule has 1 atom stereocenters. The maximum absolute atomic E-state index is 2.86. The third-order valence-electron chi connectivity index (χ3n) is 8.73. The van der Waals surface area contributed by atoms with Crippen LogP contribution in [0, 0.1) is 16.7 Å². The summed E-state index contributed by atoms with van der Waals surface area (Å²) in [6.45, 7) is 19.1. The molecule has 4 fully saturated rings. The summed E-state index contributed by atoms with van der Waals surface area (Å²) >= 11 is 0. The molecule has 1 aliphatic carbocycles. The van der Waals surface area contributed by atoms with E-state index < -0.39 is 0 Å². The number of rotatable bonds is 7. The zero-order valence-corrected chi connectivity index (χ0v) is 18.7. The lowest BCUT2D eigenvalue weighted by Gasteiger charge is -2.58. The van der Waals surface area contributed by atoms with E-state index in [4.69, 9.17) is 0 Å². The molecule has 27 heavy (non-hydrogen) atoms. The number of nitrogens with zero attached hydrogens (tertiary/aromatic N) is 3. The molecule has 156 valence electrons. The largest absolute Gasteiger partial charge is 0.303 e. The lowest BCUT2D eigenvalue weighted by molar-refractivity contribution is -0.0839. The van der Waals surface area contributed by atoms with Gasteiger partial charge in [0, 0.05) is 31.7 Å². The molecular weight excluding hydrogens is 330 g/mol. The molecule has 3 nitrogen and oxygen atoms in total. The van der Waals surface area contributed by atoms with E-state index in [0.717, 1.165) is 18.0 Å². The van der Waals surface area contributed by atoms with Crippen molar-refractivity contribution in [3.8, 4) is 0 Å². The van der Waals surface area contributed by atoms with E-state index in [9.17, 15) is 0 Å². The molecule has 0 N–H and O–H groups in total. The molecule has 3 saturated heterocycles. The van der Waals surface area contributed by atoms with Crippen LogP contribution in [0.5, 0.6) is 0 Å². The second-order valence-corrected chi connectivity index (χ2v) is 11.3. The summed E-state index contributed by atoms with van der Waals surface area (Å²) in [5.74, 6) is 0.921. The van der Waals surface area contributed by atoms with Crippen molar-refractivity contribution in [1.29, 1.82) is 0 Å². The van der Waals surface area contributed by atoms with Gasteiger partial charge in [-0.15, -0.1) is 0 Å². The van der Waals surface area contributed by atoms with Crippen LogP contribution in [0.15, 0.2) is 0 Å². The monoisotopic (exact) mass is 375 g/mol. The first-order valence-electron chi connectivity index (χ1n) is 12.1. The van der Waals surface area contributed by atoms with E-state index in [1.807, 2.05) is 0 Å². The van der Waals surface area contributed by atoms with Crippen LogP contribution in [-0.2, 0) is 0 Å². The zero-order chi connectivity index (χ0) is 19.1. The molecule has 0 aromatic carbocycles. The van der Waals surface area contributed by atoms with Gasteiger partial charge in [-0.25, -0.2) is 0 Å². The summed E-state index contributed by atoms with van der Waals surface area (Å²) in [4.78, 5) is 8.36. The van der Waals surface area contributed by atoms with Gasteiger partial charge in [0.1, 0.15) is 0 Å². The summed E-state index contributed by atoms with van der Waals surface area (Å²) in [6.07, 6.45) is 11.6. The average molecular weight is 376 g/mol. The standard InChI is InChI=1S/C24H45N3/c1-5-21(4)16-23(8-9-23)17-25-12-6-22(7-13-25)27-18-24(19-27)10-14-26(15-11-24)20(2)3/h20-22H,5-19H2,1-4H3. The first-order chi connectivity index (χ1) is 12.9. The summed E-state index contributed by atoms with van der Waals surface area (Å²) in [7, 11) is 0. The van der Waals surface area contributed by atoms with Gasteiger partial charge in [-0.1, -0.05) is 20.3 Å². The third kappa shape index (κ3) is 4.56. The van der Waals surface area contributed by atoms with Crippen LogP contribution >= 0.6 is 0 Å². The topological polar surface area (TPSA) is 9.72 Å². The van der Waals surface area contributed by atoms with Crippen LogP contribution < -0.4 is 0 Å². The Kier molecular flexibility index (Phi) is 5.94. The minimum atomic E-state index is 0.691. The highest BCUT2D eigenvalue weighted by Crippen LogP contribution is 2.52. The molecule has 4 aliphatic rings. The number of likely N-dealkylation sites (tertiary alicyclic amines) is 3. The van der Waals surface area contributed by atoms with Crippen LogP contribution in [0.3, 0.4) is 0 Å². The number of piperidine rings is 2. The molecule has 0 aromatic rings. The molecule has 0 radical (unpaired) electrons. The smallest absolute Gasteiger partial charge is 0.0120 e. The van der Waals surface area contributed by atoms with E-state index in [1.165, 1.54) is 97.2 Å². The highest BCUT2D eigenvalue weighted by molar-refractivity contribution is 5.02. The summed E-state index contributed by atoms with van der Waals surface area (Å²) in [6, 6.07) is 1.62. The molecule has 3 aliphatic heterocycles. The van der Waals surface area contributed by atoms with Gasteiger partial charge in [-0.3, -0.25) is 4.90 Å². The fraction of sp³-hybridized carbons (Fsp3) is 1.00. The van der Waals surface area contributed by atoms with Gasteiger partial charge in [0.05, 0.1) is 0 Å². The van der Waals surface area contributed by atoms with E-state index in [0.29, 0.717) is 10.8 Å².